The van der Waals surface area contributed by atoms with E-state index in [1.807, 2.05) is 22.6 Å². The molecule has 0 atom stereocenters. The predicted molar refractivity (Wildman–Crippen MR) is 49.5 cm³/mol. The molecule has 0 aromatic carbocycles. The number of halogens is 1. The fourth-order valence-corrected chi connectivity index (χ4v) is 0.817. The van der Waals surface area contributed by atoms with Gasteiger partial charge in [-0.15, -0.1) is 0 Å². The summed E-state index contributed by atoms with van der Waals surface area (Å²) in [5, 5.41) is 8.87. The largest absolute Gasteiger partial charge is 0.475 e. The van der Waals surface area contributed by atoms with Gasteiger partial charge in [-0.2, -0.15) is 0 Å². The van der Waals surface area contributed by atoms with Crippen LogP contribution in [0.1, 0.15) is 5.48 Å². The molecule has 0 fully saturated rings. The van der Waals surface area contributed by atoms with Crippen LogP contribution in [0.5, 0.6) is 5.88 Å². The van der Waals surface area contributed by atoms with Gasteiger partial charge in [0.05, 0.1) is 12.0 Å². The second-order valence-corrected chi connectivity index (χ2v) is 2.88. The van der Waals surface area contributed by atoms with Gasteiger partial charge in [-0.3, -0.25) is 0 Å². The molecule has 0 saturated heterocycles. The summed E-state index contributed by atoms with van der Waals surface area (Å²) in [6.07, 6.45) is 1.44. The van der Waals surface area contributed by atoms with Crippen molar-refractivity contribution in [1.82, 2.24) is 4.98 Å². The quantitative estimate of drug-likeness (QED) is 0.834. The first kappa shape index (κ1) is 4.61. The monoisotopic (exact) mass is 269 g/mol. The van der Waals surface area contributed by atoms with E-state index in [0.717, 1.165) is 3.57 Å². The van der Waals surface area contributed by atoms with Gasteiger partial charge in [0.2, 0.25) is 5.88 Å². The van der Waals surface area contributed by atoms with E-state index in [4.69, 9.17) is 10.6 Å². The molecule has 4 heteroatoms. The zero-order chi connectivity index (χ0) is 11.7. The number of hydrogen-bond donors (Lipinski definition) is 1. The highest BCUT2D eigenvalue weighted by molar-refractivity contribution is 14.1. The number of ether oxygens (including phenoxy) is 1. The third-order valence-electron chi connectivity index (χ3n) is 0.901. The Labute approximate surface area is 84.2 Å². The van der Waals surface area contributed by atoms with Crippen LogP contribution in [0.4, 0.5) is 0 Å². The van der Waals surface area contributed by atoms with Crippen molar-refractivity contribution in [3.8, 4) is 5.88 Å². The molecule has 1 aromatic heterocycles. The lowest BCUT2D eigenvalue weighted by atomic mass is 10.5. The van der Waals surface area contributed by atoms with Crippen LogP contribution in [0.3, 0.4) is 0 Å². The minimum absolute atomic E-state index is 0.0849. The number of hydrogen-bond acceptors (Lipinski definition) is 3. The van der Waals surface area contributed by atoms with Crippen LogP contribution in [-0.4, -0.2) is 23.2 Å². The normalized spacial score (nSPS) is 17.6. The first-order chi connectivity index (χ1) is 6.72. The molecule has 3 nitrogen and oxygen atoms in total. The summed E-state index contributed by atoms with van der Waals surface area (Å²) in [4.78, 5) is 3.73. The summed E-state index contributed by atoms with van der Waals surface area (Å²) in [6, 6.07) is 3.03. The zero-order valence-corrected chi connectivity index (χ0v) is 7.57. The predicted octanol–water partition coefficient (Wildman–Crippen LogP) is 1.06. The minimum atomic E-state index is -3.09. The van der Waals surface area contributed by atoms with Crippen molar-refractivity contribution in [2.75, 3.05) is 13.1 Å². The standard InChI is InChI=1S/C7H8INO2/c8-6-1-2-7(9-5-6)11-4-3-10/h1-2,5,10H,3-4H2/i3D2,4D2. The SMILES string of the molecule is [2H]C([2H])(O)C([2H])([2H])Oc1ccc(I)cn1. The molecule has 0 aliphatic rings. The molecule has 1 rings (SSSR count). The highest BCUT2D eigenvalue weighted by atomic mass is 127. The second-order valence-electron chi connectivity index (χ2n) is 1.63. The van der Waals surface area contributed by atoms with Crippen molar-refractivity contribution in [3.63, 3.8) is 0 Å². The van der Waals surface area contributed by atoms with E-state index < -0.39 is 13.1 Å². The average molecular weight is 269 g/mol. The molecule has 11 heavy (non-hydrogen) atoms. The Morgan fingerprint density at radius 1 is 1.73 bits per heavy atom. The third-order valence-corrected chi connectivity index (χ3v) is 1.54. The second kappa shape index (κ2) is 4.50. The average Bonchev–Trinajstić information content (AvgIpc) is 2.06. The van der Waals surface area contributed by atoms with Crippen LogP contribution < -0.4 is 4.74 Å². The van der Waals surface area contributed by atoms with E-state index in [9.17, 15) is 0 Å². The summed E-state index contributed by atoms with van der Waals surface area (Å²) in [5.41, 5.74) is 0. The highest BCUT2D eigenvalue weighted by Gasteiger charge is 1.92. The van der Waals surface area contributed by atoms with Crippen molar-refractivity contribution in [2.45, 2.75) is 0 Å². The van der Waals surface area contributed by atoms with Gasteiger partial charge in [0, 0.05) is 15.8 Å². The Balaban J connectivity index is 2.82. The maximum Gasteiger partial charge on any atom is 0.213 e. The maximum absolute atomic E-state index is 8.87. The lowest BCUT2D eigenvalue weighted by molar-refractivity contribution is 0.196. The molecule has 0 radical (unpaired) electrons. The minimum Gasteiger partial charge on any atom is -0.475 e. The fraction of sp³-hybridized carbons (Fsp3) is 0.286. The van der Waals surface area contributed by atoms with E-state index in [2.05, 4.69) is 9.72 Å². The molecule has 0 aliphatic heterocycles. The Morgan fingerprint density at radius 2 is 2.55 bits per heavy atom. The molecule has 60 valence electrons. The lowest BCUT2D eigenvalue weighted by Gasteiger charge is -2.01. The molecule has 1 aromatic rings. The van der Waals surface area contributed by atoms with E-state index >= 15 is 0 Å². The van der Waals surface area contributed by atoms with Crippen molar-refractivity contribution < 1.29 is 15.3 Å². The molecule has 0 bridgehead atoms. The van der Waals surface area contributed by atoms with Crippen LogP contribution in [0.15, 0.2) is 18.3 Å². The van der Waals surface area contributed by atoms with Crippen molar-refractivity contribution in [3.05, 3.63) is 21.9 Å². The van der Waals surface area contributed by atoms with Gasteiger partial charge >= 0.3 is 0 Å². The number of aliphatic hydroxyl groups is 1. The topological polar surface area (TPSA) is 42.4 Å². The third kappa shape index (κ3) is 3.02. The molecule has 0 spiro atoms. The van der Waals surface area contributed by atoms with Crippen LogP contribution >= 0.6 is 22.6 Å². The van der Waals surface area contributed by atoms with Crippen LogP contribution in [0.2, 0.25) is 0 Å². The first-order valence-electron chi connectivity index (χ1n) is 4.75. The first-order valence-corrected chi connectivity index (χ1v) is 3.83. The van der Waals surface area contributed by atoms with Gasteiger partial charge < -0.3 is 9.84 Å². The van der Waals surface area contributed by atoms with Crippen LogP contribution in [0.25, 0.3) is 0 Å². The van der Waals surface area contributed by atoms with Gasteiger partial charge in [-0.05, 0) is 28.7 Å². The number of pyridine rings is 1. The van der Waals surface area contributed by atoms with E-state index in [1.165, 1.54) is 12.3 Å². The Morgan fingerprint density at radius 3 is 3.09 bits per heavy atom. The van der Waals surface area contributed by atoms with E-state index in [1.54, 1.807) is 6.07 Å². The van der Waals surface area contributed by atoms with Gasteiger partial charge in [0.15, 0.2) is 0 Å². The Bertz CT molecular complexity index is 338. The van der Waals surface area contributed by atoms with E-state index in [-0.39, 0.29) is 5.88 Å². The summed E-state index contributed by atoms with van der Waals surface area (Å²) >= 11 is 2.01. The Hall–Kier alpha value is -0.360. The fourth-order valence-electron chi connectivity index (χ4n) is 0.498. The van der Waals surface area contributed by atoms with E-state index in [0.29, 0.717) is 0 Å². The van der Waals surface area contributed by atoms with Gasteiger partial charge in [0.25, 0.3) is 0 Å². The summed E-state index contributed by atoms with van der Waals surface area (Å²) in [5.74, 6) is -0.0849. The van der Waals surface area contributed by atoms with Crippen LogP contribution in [0, 0.1) is 3.57 Å². The molecule has 1 N–H and O–H groups in total. The highest BCUT2D eigenvalue weighted by Crippen LogP contribution is 2.08. The molecule has 0 amide bonds. The van der Waals surface area contributed by atoms with Crippen molar-refractivity contribution in [1.29, 1.82) is 0 Å². The van der Waals surface area contributed by atoms with Gasteiger partial charge in [-0.25, -0.2) is 4.98 Å². The van der Waals surface area contributed by atoms with Gasteiger partial charge in [-0.1, -0.05) is 0 Å². The maximum atomic E-state index is 8.87. The number of aromatic nitrogens is 1. The van der Waals surface area contributed by atoms with Crippen LogP contribution in [-0.2, 0) is 0 Å². The summed E-state index contributed by atoms with van der Waals surface area (Å²) < 4.78 is 33.4. The molecular weight excluding hydrogens is 257 g/mol. The smallest absolute Gasteiger partial charge is 0.213 e. The summed E-state index contributed by atoms with van der Waals surface area (Å²) in [6.45, 7) is -5.93. The molecule has 1 heterocycles. The van der Waals surface area contributed by atoms with Crippen molar-refractivity contribution in [2.24, 2.45) is 0 Å². The molecule has 0 saturated carbocycles. The van der Waals surface area contributed by atoms with Gasteiger partial charge in [0.1, 0.15) is 6.56 Å². The molecular formula is C7H8INO2. The zero-order valence-electron chi connectivity index (χ0n) is 9.41. The summed E-state index contributed by atoms with van der Waals surface area (Å²) in [7, 11) is 0. The number of rotatable bonds is 3. The number of nitrogens with zero attached hydrogens (tertiary/aromatic N) is 1. The molecule has 0 aliphatic carbocycles. The lowest BCUT2D eigenvalue weighted by Crippen LogP contribution is -2.02. The molecule has 0 unspecified atom stereocenters. The van der Waals surface area contributed by atoms with Crippen molar-refractivity contribution >= 4 is 22.6 Å². The Kier molecular flexibility index (Phi) is 1.89.